The van der Waals surface area contributed by atoms with Crippen LogP contribution in [0.2, 0.25) is 0 Å². The van der Waals surface area contributed by atoms with Gasteiger partial charge in [0.15, 0.2) is 0 Å². The first kappa shape index (κ1) is 14.7. The molecule has 3 N–H and O–H groups in total. The molecule has 1 fully saturated rings. The first-order chi connectivity index (χ1) is 10.7. The summed E-state index contributed by atoms with van der Waals surface area (Å²) in [4.78, 5) is 20.9. The molecule has 2 aromatic heterocycles. The first-order valence-corrected chi connectivity index (χ1v) is 7.66. The highest BCUT2D eigenvalue weighted by Gasteiger charge is 2.20. The number of hydrogen-bond donors (Lipinski definition) is 2. The first-order valence-electron chi connectivity index (χ1n) is 7.66. The Hall–Kier alpha value is -2.27. The highest BCUT2D eigenvalue weighted by atomic mass is 16.1. The summed E-state index contributed by atoms with van der Waals surface area (Å²) in [6.45, 7) is 0. The molecule has 114 valence electrons. The lowest BCUT2D eigenvalue weighted by Gasteiger charge is -2.26. The van der Waals surface area contributed by atoms with Crippen molar-refractivity contribution in [3.05, 3.63) is 48.3 Å². The van der Waals surface area contributed by atoms with Gasteiger partial charge in [-0.15, -0.1) is 0 Å². The Morgan fingerprint density at radius 2 is 1.82 bits per heavy atom. The van der Waals surface area contributed by atoms with Gasteiger partial charge >= 0.3 is 0 Å². The maximum absolute atomic E-state index is 12.4. The number of amides is 1. The van der Waals surface area contributed by atoms with E-state index in [0.717, 1.165) is 31.4 Å². The van der Waals surface area contributed by atoms with E-state index in [4.69, 9.17) is 5.73 Å². The second-order valence-corrected chi connectivity index (χ2v) is 5.73. The molecule has 0 radical (unpaired) electrons. The second kappa shape index (κ2) is 6.66. The van der Waals surface area contributed by atoms with Crippen LogP contribution in [0.5, 0.6) is 0 Å². The van der Waals surface area contributed by atoms with Crippen LogP contribution in [-0.2, 0) is 0 Å². The summed E-state index contributed by atoms with van der Waals surface area (Å²) in [7, 11) is 0. The van der Waals surface area contributed by atoms with Crippen molar-refractivity contribution in [1.82, 2.24) is 15.3 Å². The fraction of sp³-hybridized carbons (Fsp3) is 0.353. The average Bonchev–Trinajstić information content (AvgIpc) is 2.58. The van der Waals surface area contributed by atoms with E-state index in [1.54, 1.807) is 24.5 Å². The normalized spacial score (nSPS) is 21.3. The Labute approximate surface area is 130 Å². The summed E-state index contributed by atoms with van der Waals surface area (Å²) in [5, 5.41) is 3.09. The van der Waals surface area contributed by atoms with Gasteiger partial charge in [-0.2, -0.15) is 0 Å². The molecule has 5 heteroatoms. The van der Waals surface area contributed by atoms with Crippen LogP contribution in [-0.4, -0.2) is 28.0 Å². The molecule has 1 aliphatic rings. The molecule has 0 aliphatic heterocycles. The molecule has 0 saturated heterocycles. The van der Waals surface area contributed by atoms with Crippen LogP contribution >= 0.6 is 0 Å². The minimum Gasteiger partial charge on any atom is -0.349 e. The monoisotopic (exact) mass is 296 g/mol. The minimum atomic E-state index is -0.0555. The molecule has 2 aromatic rings. The van der Waals surface area contributed by atoms with Crippen LogP contribution in [0, 0.1) is 0 Å². The van der Waals surface area contributed by atoms with Crippen molar-refractivity contribution in [3.63, 3.8) is 0 Å². The van der Waals surface area contributed by atoms with Crippen molar-refractivity contribution in [2.45, 2.75) is 37.8 Å². The molecule has 0 aromatic carbocycles. The number of carbonyl (C=O) groups is 1. The van der Waals surface area contributed by atoms with Crippen LogP contribution in [0.25, 0.3) is 11.4 Å². The van der Waals surface area contributed by atoms with Gasteiger partial charge in [0.2, 0.25) is 0 Å². The number of rotatable bonds is 3. The molecule has 0 bridgehead atoms. The van der Waals surface area contributed by atoms with Gasteiger partial charge in [-0.1, -0.05) is 6.07 Å². The summed E-state index contributed by atoms with van der Waals surface area (Å²) in [5.74, 6) is -0.0555. The average molecular weight is 296 g/mol. The quantitative estimate of drug-likeness (QED) is 0.909. The smallest absolute Gasteiger partial charge is 0.251 e. The van der Waals surface area contributed by atoms with E-state index in [2.05, 4.69) is 15.3 Å². The second-order valence-electron chi connectivity index (χ2n) is 5.73. The number of nitrogens with zero attached hydrogens (tertiary/aromatic N) is 2. The topological polar surface area (TPSA) is 80.9 Å². The zero-order valence-electron chi connectivity index (χ0n) is 12.4. The van der Waals surface area contributed by atoms with Gasteiger partial charge in [-0.05, 0) is 49.9 Å². The molecule has 0 atom stereocenters. The van der Waals surface area contributed by atoms with Gasteiger partial charge < -0.3 is 11.1 Å². The standard InChI is InChI=1S/C17H20N4O/c18-13-4-6-14(7-5-13)21-17(22)12-8-10-20-16(11-12)15-3-1-2-9-19-15/h1-3,8-11,13-14H,4-7,18H2,(H,21,22). The Kier molecular flexibility index (Phi) is 4.44. The molecule has 2 heterocycles. The lowest BCUT2D eigenvalue weighted by atomic mass is 9.91. The maximum Gasteiger partial charge on any atom is 0.251 e. The molecule has 1 saturated carbocycles. The number of aromatic nitrogens is 2. The third-order valence-corrected chi connectivity index (χ3v) is 4.06. The molecule has 3 rings (SSSR count). The van der Waals surface area contributed by atoms with Crippen LogP contribution in [0.1, 0.15) is 36.0 Å². The van der Waals surface area contributed by atoms with E-state index in [1.165, 1.54) is 0 Å². The van der Waals surface area contributed by atoms with Gasteiger partial charge in [0.1, 0.15) is 0 Å². The Morgan fingerprint density at radius 3 is 2.55 bits per heavy atom. The predicted octanol–water partition coefficient (Wildman–Crippen LogP) is 2.14. The molecule has 1 aliphatic carbocycles. The fourth-order valence-corrected chi connectivity index (χ4v) is 2.76. The molecule has 0 unspecified atom stereocenters. The summed E-state index contributed by atoms with van der Waals surface area (Å²) in [5.41, 5.74) is 7.98. The number of nitrogens with two attached hydrogens (primary N) is 1. The highest BCUT2D eigenvalue weighted by molar-refractivity contribution is 5.95. The van der Waals surface area contributed by atoms with E-state index in [1.807, 2.05) is 18.2 Å². The lowest BCUT2D eigenvalue weighted by molar-refractivity contribution is 0.0926. The molecular weight excluding hydrogens is 276 g/mol. The summed E-state index contributed by atoms with van der Waals surface area (Å²) < 4.78 is 0. The van der Waals surface area contributed by atoms with E-state index in [0.29, 0.717) is 11.3 Å². The Bertz CT molecular complexity index is 636. The molecule has 22 heavy (non-hydrogen) atoms. The Morgan fingerprint density at radius 1 is 1.05 bits per heavy atom. The number of hydrogen-bond acceptors (Lipinski definition) is 4. The summed E-state index contributed by atoms with van der Waals surface area (Å²) in [6, 6.07) is 9.66. The summed E-state index contributed by atoms with van der Waals surface area (Å²) in [6.07, 6.45) is 7.21. The van der Waals surface area contributed by atoms with E-state index >= 15 is 0 Å². The van der Waals surface area contributed by atoms with Crippen LogP contribution < -0.4 is 11.1 Å². The third-order valence-electron chi connectivity index (χ3n) is 4.06. The van der Waals surface area contributed by atoms with Crippen molar-refractivity contribution < 1.29 is 4.79 Å². The number of pyridine rings is 2. The van der Waals surface area contributed by atoms with Gasteiger partial charge in [0.25, 0.3) is 5.91 Å². The minimum absolute atomic E-state index is 0.0555. The van der Waals surface area contributed by atoms with Crippen LogP contribution in [0.4, 0.5) is 0 Å². The van der Waals surface area contributed by atoms with E-state index < -0.39 is 0 Å². The highest BCUT2D eigenvalue weighted by Crippen LogP contribution is 2.18. The van der Waals surface area contributed by atoms with Crippen LogP contribution in [0.15, 0.2) is 42.7 Å². The molecule has 0 spiro atoms. The van der Waals surface area contributed by atoms with Gasteiger partial charge in [-0.25, -0.2) is 0 Å². The zero-order valence-corrected chi connectivity index (χ0v) is 12.4. The van der Waals surface area contributed by atoms with E-state index in [9.17, 15) is 4.79 Å². The lowest BCUT2D eigenvalue weighted by Crippen LogP contribution is -2.40. The Balaban J connectivity index is 1.71. The number of carbonyl (C=O) groups excluding carboxylic acids is 1. The van der Waals surface area contributed by atoms with Crippen molar-refractivity contribution in [2.75, 3.05) is 0 Å². The van der Waals surface area contributed by atoms with Crippen molar-refractivity contribution in [1.29, 1.82) is 0 Å². The third kappa shape index (κ3) is 3.49. The van der Waals surface area contributed by atoms with Gasteiger partial charge in [0.05, 0.1) is 11.4 Å². The zero-order chi connectivity index (χ0) is 15.4. The van der Waals surface area contributed by atoms with Gasteiger partial charge in [0, 0.05) is 30.0 Å². The van der Waals surface area contributed by atoms with Crippen molar-refractivity contribution in [3.8, 4) is 11.4 Å². The summed E-state index contributed by atoms with van der Waals surface area (Å²) >= 11 is 0. The predicted molar refractivity (Wildman–Crippen MR) is 85.2 cm³/mol. The van der Waals surface area contributed by atoms with Crippen molar-refractivity contribution in [2.24, 2.45) is 5.73 Å². The van der Waals surface area contributed by atoms with Gasteiger partial charge in [-0.3, -0.25) is 14.8 Å². The number of nitrogens with one attached hydrogen (secondary N) is 1. The maximum atomic E-state index is 12.4. The fourth-order valence-electron chi connectivity index (χ4n) is 2.76. The molecule has 5 nitrogen and oxygen atoms in total. The van der Waals surface area contributed by atoms with Crippen LogP contribution in [0.3, 0.4) is 0 Å². The molecule has 1 amide bonds. The largest absolute Gasteiger partial charge is 0.349 e. The van der Waals surface area contributed by atoms with E-state index in [-0.39, 0.29) is 18.0 Å². The molecular formula is C17H20N4O. The SMILES string of the molecule is NC1CCC(NC(=O)c2ccnc(-c3ccccn3)c2)CC1. The van der Waals surface area contributed by atoms with Crippen molar-refractivity contribution >= 4 is 5.91 Å².